The highest BCUT2D eigenvalue weighted by molar-refractivity contribution is 6.34. The number of nitrogens with zero attached hydrogens (tertiary/aromatic N) is 3. The van der Waals surface area contributed by atoms with E-state index in [1.165, 1.54) is 5.01 Å². The van der Waals surface area contributed by atoms with E-state index in [1.54, 1.807) is 36.5 Å². The van der Waals surface area contributed by atoms with Gasteiger partial charge in [0.25, 0.3) is 5.91 Å². The molecule has 0 aliphatic carbocycles. The molecule has 5 nitrogen and oxygen atoms in total. The quantitative estimate of drug-likeness (QED) is 0.542. The highest BCUT2D eigenvalue weighted by Gasteiger charge is 2.47. The predicted molar refractivity (Wildman–Crippen MR) is 101 cm³/mol. The van der Waals surface area contributed by atoms with Crippen LogP contribution in [0, 0.1) is 11.3 Å². The van der Waals surface area contributed by atoms with Gasteiger partial charge in [-0.05, 0) is 42.0 Å². The molecule has 4 rings (SSSR count). The molecule has 128 valence electrons. The van der Waals surface area contributed by atoms with E-state index in [-0.39, 0.29) is 11.9 Å². The number of hydrazine groups is 1. The predicted octanol–water partition coefficient (Wildman–Crippen LogP) is 4.28. The van der Waals surface area contributed by atoms with E-state index in [0.717, 1.165) is 22.2 Å². The Hall–Kier alpha value is -2.81. The summed E-state index contributed by atoms with van der Waals surface area (Å²) in [4.78, 5) is 16.6. The average molecular weight is 383 g/mol. The summed E-state index contributed by atoms with van der Waals surface area (Å²) in [6, 6.07) is 16.0. The minimum Gasteiger partial charge on any atom is -0.295 e. The topological polar surface area (TPSA) is 69.0 Å². The van der Waals surface area contributed by atoms with E-state index in [0.29, 0.717) is 10.6 Å². The number of alkyl halides is 1. The van der Waals surface area contributed by atoms with Crippen molar-refractivity contribution in [3.63, 3.8) is 0 Å². The number of nitrogens with one attached hydrogen (secondary N) is 1. The van der Waals surface area contributed by atoms with Gasteiger partial charge < -0.3 is 0 Å². The molecule has 0 bridgehead atoms. The monoisotopic (exact) mass is 382 g/mol. The van der Waals surface area contributed by atoms with Crippen LogP contribution in [-0.4, -0.2) is 21.3 Å². The molecule has 1 aliphatic heterocycles. The number of carbonyl (C=O) groups is 1. The van der Waals surface area contributed by atoms with E-state index in [4.69, 9.17) is 28.5 Å². The number of halogens is 2. The molecule has 0 spiro atoms. The van der Waals surface area contributed by atoms with Crippen molar-refractivity contribution < 1.29 is 4.79 Å². The number of hydrogen-bond donors (Lipinski definition) is 1. The summed E-state index contributed by atoms with van der Waals surface area (Å²) in [5, 5.41) is 11.2. The van der Waals surface area contributed by atoms with Gasteiger partial charge in [0.1, 0.15) is 11.4 Å². The molecule has 1 aromatic heterocycles. The molecule has 1 N–H and O–H groups in total. The van der Waals surface area contributed by atoms with Crippen LogP contribution in [0.2, 0.25) is 5.02 Å². The molecule has 2 heterocycles. The van der Waals surface area contributed by atoms with Crippen LogP contribution >= 0.6 is 23.2 Å². The fourth-order valence-corrected chi connectivity index (χ4v) is 3.53. The number of pyridine rings is 1. The zero-order valence-corrected chi connectivity index (χ0v) is 14.9. The van der Waals surface area contributed by atoms with Crippen molar-refractivity contribution in [3.8, 4) is 6.07 Å². The lowest BCUT2D eigenvalue weighted by Crippen LogP contribution is -2.58. The van der Waals surface area contributed by atoms with Crippen molar-refractivity contribution in [3.05, 3.63) is 70.9 Å². The van der Waals surface area contributed by atoms with Gasteiger partial charge in [0.15, 0.2) is 0 Å². The van der Waals surface area contributed by atoms with Gasteiger partial charge >= 0.3 is 0 Å². The second kappa shape index (κ2) is 6.49. The zero-order valence-electron chi connectivity index (χ0n) is 13.4. The van der Waals surface area contributed by atoms with E-state index in [2.05, 4.69) is 16.5 Å². The van der Waals surface area contributed by atoms with Gasteiger partial charge in [0.2, 0.25) is 0 Å². The standard InChI is InChI=1S/C19H12Cl2N4O/c20-13-5-6-14-15(7-8-23-16(14)9-13)24-25-18(17(21)19(25)26)12-3-1-11(10-22)2-4-12/h1-9,17-18H,(H,23,24). The first kappa shape index (κ1) is 16.6. The van der Waals surface area contributed by atoms with Crippen LogP contribution in [0.3, 0.4) is 0 Å². The second-order valence-electron chi connectivity index (χ2n) is 5.92. The Kier molecular flexibility index (Phi) is 4.15. The molecule has 1 fully saturated rings. The van der Waals surface area contributed by atoms with Gasteiger partial charge in [0, 0.05) is 16.6 Å². The van der Waals surface area contributed by atoms with Crippen LogP contribution in [0.15, 0.2) is 54.7 Å². The van der Waals surface area contributed by atoms with Crippen molar-refractivity contribution in [1.29, 1.82) is 5.26 Å². The van der Waals surface area contributed by atoms with Crippen LogP contribution in [0.4, 0.5) is 5.69 Å². The molecule has 1 amide bonds. The maximum absolute atomic E-state index is 12.3. The lowest BCUT2D eigenvalue weighted by Gasteiger charge is -2.44. The molecule has 0 radical (unpaired) electrons. The largest absolute Gasteiger partial charge is 0.295 e. The van der Waals surface area contributed by atoms with Crippen molar-refractivity contribution in [2.75, 3.05) is 5.43 Å². The Balaban J connectivity index is 1.66. The minimum atomic E-state index is -0.655. The normalized spacial score (nSPS) is 19.1. The van der Waals surface area contributed by atoms with Crippen LogP contribution in [0.1, 0.15) is 17.2 Å². The molecule has 7 heteroatoms. The van der Waals surface area contributed by atoms with Gasteiger partial charge in [0.05, 0.1) is 22.8 Å². The number of fused-ring (bicyclic) bond motifs is 1. The second-order valence-corrected chi connectivity index (χ2v) is 6.83. The molecule has 26 heavy (non-hydrogen) atoms. The first-order valence-electron chi connectivity index (χ1n) is 7.86. The van der Waals surface area contributed by atoms with Crippen molar-refractivity contribution in [2.45, 2.75) is 11.4 Å². The Morgan fingerprint density at radius 3 is 2.65 bits per heavy atom. The Labute approximate surface area is 159 Å². The Bertz CT molecular complexity index is 1050. The number of rotatable bonds is 3. The molecule has 2 atom stereocenters. The molecular weight excluding hydrogens is 371 g/mol. The number of anilines is 1. The lowest BCUT2D eigenvalue weighted by molar-refractivity contribution is -0.143. The van der Waals surface area contributed by atoms with Crippen molar-refractivity contribution >= 4 is 45.7 Å². The maximum atomic E-state index is 12.3. The van der Waals surface area contributed by atoms with Gasteiger partial charge in [-0.15, -0.1) is 11.6 Å². The molecule has 3 aromatic rings. The third-order valence-electron chi connectivity index (χ3n) is 4.36. The molecule has 0 saturated carbocycles. The van der Waals surface area contributed by atoms with Gasteiger partial charge in [-0.2, -0.15) is 5.26 Å². The van der Waals surface area contributed by atoms with Crippen molar-refractivity contribution in [1.82, 2.24) is 9.99 Å². The third kappa shape index (κ3) is 2.74. The lowest BCUT2D eigenvalue weighted by atomic mass is 9.94. The summed E-state index contributed by atoms with van der Waals surface area (Å²) in [6.45, 7) is 0. The van der Waals surface area contributed by atoms with Crippen LogP contribution in [0.25, 0.3) is 10.9 Å². The number of benzene rings is 2. The number of β-lactam (4-membered cyclic amide) rings is 1. The van der Waals surface area contributed by atoms with Crippen LogP contribution in [-0.2, 0) is 4.79 Å². The van der Waals surface area contributed by atoms with Crippen molar-refractivity contribution in [2.24, 2.45) is 0 Å². The van der Waals surface area contributed by atoms with E-state index in [9.17, 15) is 4.79 Å². The van der Waals surface area contributed by atoms with Crippen LogP contribution < -0.4 is 5.43 Å². The zero-order chi connectivity index (χ0) is 18.3. The van der Waals surface area contributed by atoms with Gasteiger partial charge in [-0.3, -0.25) is 15.2 Å². The number of hydrogen-bond acceptors (Lipinski definition) is 4. The van der Waals surface area contributed by atoms with E-state index in [1.807, 2.05) is 18.2 Å². The maximum Gasteiger partial charge on any atom is 0.262 e. The smallest absolute Gasteiger partial charge is 0.262 e. The molecule has 1 aliphatic rings. The molecule has 2 unspecified atom stereocenters. The number of aromatic nitrogens is 1. The average Bonchev–Trinajstić information content (AvgIpc) is 2.67. The summed E-state index contributed by atoms with van der Waals surface area (Å²) < 4.78 is 0. The van der Waals surface area contributed by atoms with E-state index < -0.39 is 5.38 Å². The minimum absolute atomic E-state index is 0.208. The number of amides is 1. The van der Waals surface area contributed by atoms with E-state index >= 15 is 0 Å². The molecular formula is C19H12Cl2N4O. The summed E-state index contributed by atoms with van der Waals surface area (Å²) in [6.07, 6.45) is 1.65. The summed E-state index contributed by atoms with van der Waals surface area (Å²) in [7, 11) is 0. The summed E-state index contributed by atoms with van der Waals surface area (Å²) >= 11 is 12.3. The highest BCUT2D eigenvalue weighted by atomic mass is 35.5. The first-order chi connectivity index (χ1) is 12.6. The number of nitriles is 1. The highest BCUT2D eigenvalue weighted by Crippen LogP contribution is 2.39. The van der Waals surface area contributed by atoms with Gasteiger partial charge in [-0.25, -0.2) is 5.01 Å². The third-order valence-corrected chi connectivity index (χ3v) is 5.02. The Morgan fingerprint density at radius 2 is 1.92 bits per heavy atom. The van der Waals surface area contributed by atoms with Crippen LogP contribution in [0.5, 0.6) is 0 Å². The fraction of sp³-hybridized carbons (Fsp3) is 0.105. The number of carbonyl (C=O) groups excluding carboxylic acids is 1. The van der Waals surface area contributed by atoms with Gasteiger partial charge in [-0.1, -0.05) is 23.7 Å². The molecule has 1 saturated heterocycles. The first-order valence-corrected chi connectivity index (χ1v) is 8.68. The Morgan fingerprint density at radius 1 is 1.15 bits per heavy atom. The SMILES string of the molecule is N#Cc1ccc(C2C(Cl)C(=O)N2Nc2ccnc3cc(Cl)ccc23)cc1. The summed E-state index contributed by atoms with van der Waals surface area (Å²) in [5.41, 5.74) is 6.03. The molecule has 2 aromatic carbocycles. The fourth-order valence-electron chi connectivity index (χ4n) is 3.00. The summed E-state index contributed by atoms with van der Waals surface area (Å²) in [5.74, 6) is -0.208.